The van der Waals surface area contributed by atoms with Crippen molar-refractivity contribution in [3.63, 3.8) is 0 Å². The number of anilines is 3. The van der Waals surface area contributed by atoms with Crippen LogP contribution >= 0.6 is 0 Å². The quantitative estimate of drug-likeness (QED) is 0.145. The first kappa shape index (κ1) is 33.6. The van der Waals surface area contributed by atoms with E-state index < -0.39 is 0 Å². The molecule has 1 heteroatoms. The van der Waals surface area contributed by atoms with Crippen molar-refractivity contribution in [2.24, 2.45) is 0 Å². The summed E-state index contributed by atoms with van der Waals surface area (Å²) in [5.74, 6) is 0. The van der Waals surface area contributed by atoms with E-state index >= 15 is 0 Å². The van der Waals surface area contributed by atoms with E-state index in [0.717, 1.165) is 17.1 Å². The van der Waals surface area contributed by atoms with Crippen molar-refractivity contribution in [1.29, 1.82) is 0 Å². The molecule has 9 aromatic carbocycles. The molecule has 0 fully saturated rings. The minimum atomic E-state index is 1.10. The fraction of sp³-hybridized carbons (Fsp3) is 0. The molecule has 0 radical (unpaired) electrons. The molecule has 1 nitrogen and oxygen atoms in total. The molecule has 0 aliphatic rings. The monoisotopic (exact) mass is 701 g/mol. The highest BCUT2D eigenvalue weighted by Crippen LogP contribution is 2.41. The van der Waals surface area contributed by atoms with Gasteiger partial charge in [-0.25, -0.2) is 0 Å². The molecular weight excluding hydrogens is 663 g/mol. The summed E-state index contributed by atoms with van der Waals surface area (Å²) in [4.78, 5) is 2.34. The molecular formula is C54H39N. The first-order chi connectivity index (χ1) is 27.3. The molecule has 55 heavy (non-hydrogen) atoms. The molecule has 0 saturated heterocycles. The lowest BCUT2D eigenvalue weighted by Crippen LogP contribution is -2.09. The van der Waals surface area contributed by atoms with Gasteiger partial charge < -0.3 is 4.90 Å². The minimum absolute atomic E-state index is 1.10. The third kappa shape index (κ3) is 7.12. The van der Waals surface area contributed by atoms with Crippen LogP contribution in [0.5, 0.6) is 0 Å². The van der Waals surface area contributed by atoms with E-state index in [0.29, 0.717) is 0 Å². The van der Waals surface area contributed by atoms with Crippen molar-refractivity contribution in [2.75, 3.05) is 4.90 Å². The predicted molar refractivity (Wildman–Crippen MR) is 234 cm³/mol. The number of nitrogens with zero attached hydrogens (tertiary/aromatic N) is 1. The topological polar surface area (TPSA) is 3.24 Å². The van der Waals surface area contributed by atoms with Gasteiger partial charge in [-0.1, -0.05) is 188 Å². The average molecular weight is 702 g/mol. The Morgan fingerprint density at radius 3 is 0.818 bits per heavy atom. The number of rotatable bonds is 9. The maximum atomic E-state index is 2.34. The fourth-order valence-electron chi connectivity index (χ4n) is 7.53. The average Bonchev–Trinajstić information content (AvgIpc) is 3.28. The first-order valence-corrected chi connectivity index (χ1v) is 18.8. The molecule has 0 aliphatic carbocycles. The molecule has 9 aromatic rings. The molecule has 9 rings (SSSR count). The van der Waals surface area contributed by atoms with Gasteiger partial charge in [0.15, 0.2) is 0 Å². The van der Waals surface area contributed by atoms with Crippen molar-refractivity contribution < 1.29 is 0 Å². The zero-order valence-corrected chi connectivity index (χ0v) is 30.5. The highest BCUT2D eigenvalue weighted by Gasteiger charge is 2.16. The number of para-hydroxylation sites is 1. The van der Waals surface area contributed by atoms with Gasteiger partial charge in [0.1, 0.15) is 0 Å². The molecule has 0 atom stereocenters. The summed E-state index contributed by atoms with van der Waals surface area (Å²) in [5.41, 5.74) is 17.7. The molecule has 0 N–H and O–H groups in total. The number of hydrogen-bond acceptors (Lipinski definition) is 1. The first-order valence-electron chi connectivity index (χ1n) is 18.8. The van der Waals surface area contributed by atoms with Gasteiger partial charge in [-0.2, -0.15) is 0 Å². The SMILES string of the molecule is c1ccc(-c2ccc(-c3ccccc3)c(-c3ccc(N(c4ccccc4)c4ccc(-c5cc(-c6ccccc6)ccc5-c5ccccc5)cc4)cc3)c2)cc1. The Bertz CT molecular complexity index is 2460. The largest absolute Gasteiger partial charge is 0.311 e. The Morgan fingerprint density at radius 2 is 0.455 bits per heavy atom. The zero-order valence-electron chi connectivity index (χ0n) is 30.5. The second kappa shape index (κ2) is 15.4. The van der Waals surface area contributed by atoms with Gasteiger partial charge in [-0.05, 0) is 115 Å². The molecule has 0 aromatic heterocycles. The minimum Gasteiger partial charge on any atom is -0.311 e. The molecule has 0 unspecified atom stereocenters. The van der Waals surface area contributed by atoms with Gasteiger partial charge >= 0.3 is 0 Å². The normalized spacial score (nSPS) is 10.9. The van der Waals surface area contributed by atoms with E-state index in [4.69, 9.17) is 0 Å². The lowest BCUT2D eigenvalue weighted by atomic mass is 9.90. The Balaban J connectivity index is 1.11. The van der Waals surface area contributed by atoms with Gasteiger partial charge in [-0.3, -0.25) is 0 Å². The van der Waals surface area contributed by atoms with E-state index in [2.05, 4.69) is 241 Å². The van der Waals surface area contributed by atoms with E-state index in [1.165, 1.54) is 66.8 Å². The summed E-state index contributed by atoms with van der Waals surface area (Å²) in [6.45, 7) is 0. The highest BCUT2D eigenvalue weighted by molar-refractivity contribution is 5.90. The Hall–Kier alpha value is -7.22. The van der Waals surface area contributed by atoms with Crippen LogP contribution in [0.25, 0.3) is 66.8 Å². The summed E-state index contributed by atoms with van der Waals surface area (Å²) in [5, 5.41) is 0. The highest BCUT2D eigenvalue weighted by atomic mass is 15.1. The van der Waals surface area contributed by atoms with Crippen LogP contribution in [0.15, 0.2) is 237 Å². The van der Waals surface area contributed by atoms with E-state index in [-0.39, 0.29) is 0 Å². The van der Waals surface area contributed by atoms with Gasteiger partial charge in [-0.15, -0.1) is 0 Å². The van der Waals surface area contributed by atoms with Gasteiger partial charge in [0.2, 0.25) is 0 Å². The third-order valence-corrected chi connectivity index (χ3v) is 10.3. The number of hydrogen-bond donors (Lipinski definition) is 0. The summed E-state index contributed by atoms with van der Waals surface area (Å²) in [7, 11) is 0. The van der Waals surface area contributed by atoms with Crippen molar-refractivity contribution >= 4 is 17.1 Å². The molecule has 0 saturated carbocycles. The third-order valence-electron chi connectivity index (χ3n) is 10.3. The smallest absolute Gasteiger partial charge is 0.0462 e. The van der Waals surface area contributed by atoms with Gasteiger partial charge in [0.05, 0.1) is 0 Å². The lowest BCUT2D eigenvalue weighted by Gasteiger charge is -2.26. The maximum absolute atomic E-state index is 2.34. The van der Waals surface area contributed by atoms with Gasteiger partial charge in [0, 0.05) is 17.1 Å². The van der Waals surface area contributed by atoms with Crippen LogP contribution in [-0.4, -0.2) is 0 Å². The van der Waals surface area contributed by atoms with Crippen LogP contribution in [-0.2, 0) is 0 Å². The maximum Gasteiger partial charge on any atom is 0.0462 e. The fourth-order valence-corrected chi connectivity index (χ4v) is 7.53. The van der Waals surface area contributed by atoms with E-state index in [1.807, 2.05) is 0 Å². The lowest BCUT2D eigenvalue weighted by molar-refractivity contribution is 1.28. The number of benzene rings is 9. The zero-order chi connectivity index (χ0) is 36.8. The van der Waals surface area contributed by atoms with Crippen molar-refractivity contribution in [3.8, 4) is 66.8 Å². The molecule has 260 valence electrons. The van der Waals surface area contributed by atoms with Crippen molar-refractivity contribution in [2.45, 2.75) is 0 Å². The Kier molecular flexibility index (Phi) is 9.41. The molecule has 0 amide bonds. The van der Waals surface area contributed by atoms with E-state index in [1.54, 1.807) is 0 Å². The second-order valence-corrected chi connectivity index (χ2v) is 13.7. The Labute approximate surface area is 324 Å². The molecule has 0 aliphatic heterocycles. The summed E-state index contributed by atoms with van der Waals surface area (Å²) < 4.78 is 0. The van der Waals surface area contributed by atoms with Crippen LogP contribution < -0.4 is 4.90 Å². The van der Waals surface area contributed by atoms with Gasteiger partial charge in [0.25, 0.3) is 0 Å². The molecule has 0 bridgehead atoms. The second-order valence-electron chi connectivity index (χ2n) is 13.7. The van der Waals surface area contributed by atoms with E-state index in [9.17, 15) is 0 Å². The van der Waals surface area contributed by atoms with Crippen LogP contribution in [0.1, 0.15) is 0 Å². The summed E-state index contributed by atoms with van der Waals surface area (Å²) >= 11 is 0. The summed E-state index contributed by atoms with van der Waals surface area (Å²) in [6.07, 6.45) is 0. The molecule has 0 heterocycles. The van der Waals surface area contributed by atoms with Crippen molar-refractivity contribution in [1.82, 2.24) is 0 Å². The molecule has 0 spiro atoms. The standard InChI is InChI=1S/C54H39N/c1-6-16-40(17-7-1)46-30-36-51(42-20-10-3-11-21-42)53(38-46)44-26-32-49(33-27-44)55(48-24-14-5-15-25-48)50-34-28-45(29-35-50)54-39-47(41-18-8-2-9-19-41)31-37-52(54)43-22-12-4-13-23-43/h1-39H. The van der Waals surface area contributed by atoms with Crippen LogP contribution in [0.2, 0.25) is 0 Å². The van der Waals surface area contributed by atoms with Crippen LogP contribution in [0, 0.1) is 0 Å². The Morgan fingerprint density at radius 1 is 0.182 bits per heavy atom. The van der Waals surface area contributed by atoms with Crippen LogP contribution in [0.4, 0.5) is 17.1 Å². The van der Waals surface area contributed by atoms with Crippen molar-refractivity contribution in [3.05, 3.63) is 237 Å². The summed E-state index contributed by atoms with van der Waals surface area (Å²) in [6, 6.07) is 84.9. The van der Waals surface area contributed by atoms with Crippen LogP contribution in [0.3, 0.4) is 0 Å². The predicted octanol–water partition coefficient (Wildman–Crippen LogP) is 15.2.